The van der Waals surface area contributed by atoms with Crippen molar-refractivity contribution in [3.05, 3.63) is 47.5 Å². The minimum atomic E-state index is -1.08. The summed E-state index contributed by atoms with van der Waals surface area (Å²) in [4.78, 5) is 25.6. The van der Waals surface area contributed by atoms with Crippen LogP contribution in [0.5, 0.6) is 0 Å². The number of benzene rings is 2. The quantitative estimate of drug-likeness (QED) is 0.661. The molecule has 0 aliphatic carbocycles. The lowest BCUT2D eigenvalue weighted by Gasteiger charge is -2.27. The van der Waals surface area contributed by atoms with Gasteiger partial charge in [-0.2, -0.15) is 0 Å². The highest BCUT2D eigenvalue weighted by Gasteiger charge is 2.20. The van der Waals surface area contributed by atoms with Crippen LogP contribution in [0.4, 0.5) is 16.2 Å². The number of carbonyl (C=O) groups is 2. The van der Waals surface area contributed by atoms with Crippen molar-refractivity contribution < 1.29 is 14.7 Å². The summed E-state index contributed by atoms with van der Waals surface area (Å²) in [5, 5.41) is 14.3. The molecular formula is C22H29N3O3. The largest absolute Gasteiger partial charge is 0.480 e. The zero-order valence-electron chi connectivity index (χ0n) is 17.2. The number of hydrogen-bond donors (Lipinski definition) is 3. The highest BCUT2D eigenvalue weighted by molar-refractivity contribution is 5.99. The summed E-state index contributed by atoms with van der Waals surface area (Å²) in [5.41, 5.74) is 5.93. The van der Waals surface area contributed by atoms with E-state index in [1.807, 2.05) is 31.2 Å². The van der Waals surface area contributed by atoms with Crippen molar-refractivity contribution in [2.24, 2.45) is 0 Å². The van der Waals surface area contributed by atoms with E-state index in [-0.39, 0.29) is 0 Å². The van der Waals surface area contributed by atoms with Gasteiger partial charge in [-0.25, -0.2) is 4.79 Å². The summed E-state index contributed by atoms with van der Waals surface area (Å²) in [6.45, 7) is 11.5. The van der Waals surface area contributed by atoms with Crippen LogP contribution in [0.15, 0.2) is 36.4 Å². The smallest absolute Gasteiger partial charge is 0.325 e. The molecule has 0 saturated carbocycles. The van der Waals surface area contributed by atoms with Gasteiger partial charge in [-0.1, -0.05) is 24.3 Å². The van der Waals surface area contributed by atoms with Gasteiger partial charge < -0.3 is 20.6 Å². The molecule has 3 N–H and O–H groups in total. The Hall–Kier alpha value is -3.02. The molecule has 0 radical (unpaired) electrons. The van der Waals surface area contributed by atoms with Gasteiger partial charge in [0.2, 0.25) is 0 Å². The lowest BCUT2D eigenvalue weighted by Crippen LogP contribution is -2.40. The Morgan fingerprint density at radius 3 is 2.14 bits per heavy atom. The van der Waals surface area contributed by atoms with Crippen molar-refractivity contribution in [2.75, 3.05) is 23.3 Å². The van der Waals surface area contributed by atoms with Crippen molar-refractivity contribution in [2.45, 2.75) is 40.7 Å². The molecule has 1 unspecified atom stereocenters. The second kappa shape index (κ2) is 9.26. The van der Waals surface area contributed by atoms with Crippen molar-refractivity contribution in [1.29, 1.82) is 0 Å². The van der Waals surface area contributed by atoms with Crippen LogP contribution < -0.4 is 15.5 Å². The van der Waals surface area contributed by atoms with Crippen molar-refractivity contribution in [3.8, 4) is 11.1 Å². The van der Waals surface area contributed by atoms with Crippen LogP contribution in [-0.4, -0.2) is 36.2 Å². The maximum atomic E-state index is 12.3. The van der Waals surface area contributed by atoms with Gasteiger partial charge in [0.15, 0.2) is 0 Å². The zero-order chi connectivity index (χ0) is 20.8. The summed E-state index contributed by atoms with van der Waals surface area (Å²) in [6.07, 6.45) is 0. The van der Waals surface area contributed by atoms with Crippen LogP contribution in [0.2, 0.25) is 0 Å². The predicted octanol–water partition coefficient (Wildman–Crippen LogP) is 4.41. The summed E-state index contributed by atoms with van der Waals surface area (Å²) in [7, 11) is 0. The Kier molecular flexibility index (Phi) is 7.04. The monoisotopic (exact) mass is 383 g/mol. The first-order chi connectivity index (χ1) is 13.3. The number of nitrogens with zero attached hydrogens (tertiary/aromatic N) is 1. The highest BCUT2D eigenvalue weighted by Crippen LogP contribution is 2.40. The molecule has 2 amide bonds. The van der Waals surface area contributed by atoms with E-state index in [4.69, 9.17) is 5.11 Å². The van der Waals surface area contributed by atoms with E-state index in [2.05, 4.69) is 48.4 Å². The molecule has 6 nitrogen and oxygen atoms in total. The van der Waals surface area contributed by atoms with Gasteiger partial charge in [0.25, 0.3) is 0 Å². The maximum absolute atomic E-state index is 12.3. The van der Waals surface area contributed by atoms with Crippen LogP contribution in [-0.2, 0) is 4.79 Å². The van der Waals surface area contributed by atoms with Gasteiger partial charge in [-0.05, 0) is 57.9 Å². The molecule has 0 spiro atoms. The number of carbonyl (C=O) groups excluding carboxylic acids is 1. The Labute approximate surface area is 166 Å². The lowest BCUT2D eigenvalue weighted by atomic mass is 9.92. The molecule has 1 atom stereocenters. The molecule has 6 heteroatoms. The van der Waals surface area contributed by atoms with Gasteiger partial charge in [-0.3, -0.25) is 4.79 Å². The van der Waals surface area contributed by atoms with Crippen LogP contribution in [0.1, 0.15) is 31.9 Å². The molecule has 0 aliphatic heterocycles. The molecular weight excluding hydrogens is 354 g/mol. The molecule has 0 fully saturated rings. The van der Waals surface area contributed by atoms with E-state index >= 15 is 0 Å². The van der Waals surface area contributed by atoms with Crippen molar-refractivity contribution >= 4 is 23.4 Å². The number of amides is 2. The highest BCUT2D eigenvalue weighted by atomic mass is 16.4. The van der Waals surface area contributed by atoms with Gasteiger partial charge in [-0.15, -0.1) is 0 Å². The Morgan fingerprint density at radius 1 is 1.00 bits per heavy atom. The lowest BCUT2D eigenvalue weighted by molar-refractivity contribution is -0.138. The second-order valence-electron chi connectivity index (χ2n) is 6.80. The number of urea groups is 1. The van der Waals surface area contributed by atoms with Gasteiger partial charge in [0.1, 0.15) is 6.04 Å². The van der Waals surface area contributed by atoms with Gasteiger partial charge in [0.05, 0.1) is 5.69 Å². The van der Waals surface area contributed by atoms with E-state index in [1.54, 1.807) is 0 Å². The second-order valence-corrected chi connectivity index (χ2v) is 6.80. The molecule has 2 aromatic carbocycles. The summed E-state index contributed by atoms with van der Waals surface area (Å²) in [6, 6.07) is 10.4. The Morgan fingerprint density at radius 2 is 1.57 bits per heavy atom. The predicted molar refractivity (Wildman–Crippen MR) is 114 cm³/mol. The number of anilines is 2. The summed E-state index contributed by atoms with van der Waals surface area (Å²) >= 11 is 0. The fourth-order valence-corrected chi connectivity index (χ4v) is 3.33. The molecule has 2 rings (SSSR count). The molecule has 0 saturated heterocycles. The van der Waals surface area contributed by atoms with Crippen LogP contribution in [0, 0.1) is 13.8 Å². The van der Waals surface area contributed by atoms with Crippen molar-refractivity contribution in [3.63, 3.8) is 0 Å². The number of carboxylic acids is 1. The van der Waals surface area contributed by atoms with Crippen LogP contribution in [0.3, 0.4) is 0 Å². The SMILES string of the molecule is CCN(CC)c1cccc(C)c1-c1c(C)cccc1NC(=O)NC(C)C(=O)O. The average molecular weight is 383 g/mol. The van der Waals surface area contributed by atoms with Gasteiger partial charge in [0, 0.05) is 29.9 Å². The van der Waals surface area contributed by atoms with E-state index < -0.39 is 18.0 Å². The van der Waals surface area contributed by atoms with Crippen molar-refractivity contribution in [1.82, 2.24) is 5.32 Å². The third-order valence-electron chi connectivity index (χ3n) is 4.84. The Balaban J connectivity index is 2.54. The molecule has 28 heavy (non-hydrogen) atoms. The van der Waals surface area contributed by atoms with Crippen LogP contribution in [0.25, 0.3) is 11.1 Å². The first-order valence-corrected chi connectivity index (χ1v) is 9.54. The van der Waals surface area contributed by atoms with E-state index in [0.29, 0.717) is 5.69 Å². The van der Waals surface area contributed by atoms with E-state index in [9.17, 15) is 9.59 Å². The topological polar surface area (TPSA) is 81.7 Å². The maximum Gasteiger partial charge on any atom is 0.325 e. The van der Waals surface area contributed by atoms with Crippen LogP contribution >= 0.6 is 0 Å². The molecule has 2 aromatic rings. The number of carboxylic acid groups (broad SMARTS) is 1. The minimum Gasteiger partial charge on any atom is -0.480 e. The molecule has 0 heterocycles. The molecule has 0 aromatic heterocycles. The third-order valence-corrected chi connectivity index (χ3v) is 4.84. The average Bonchev–Trinajstić information content (AvgIpc) is 2.64. The molecule has 150 valence electrons. The number of aliphatic carboxylic acids is 1. The molecule has 0 bridgehead atoms. The standard InChI is InChI=1S/C22H29N3O3/c1-6-25(7-2)18-13-9-11-15(4)20(18)19-14(3)10-8-12-17(19)24-22(28)23-16(5)21(26)27/h8-13,16H,6-7H2,1-5H3,(H,26,27)(H2,23,24,28). The number of rotatable bonds is 7. The zero-order valence-corrected chi connectivity index (χ0v) is 17.2. The number of hydrogen-bond acceptors (Lipinski definition) is 3. The Bertz CT molecular complexity index is 860. The van der Waals surface area contributed by atoms with E-state index in [0.717, 1.165) is 41.0 Å². The molecule has 0 aliphatic rings. The van der Waals surface area contributed by atoms with E-state index in [1.165, 1.54) is 6.92 Å². The first kappa shape index (κ1) is 21.3. The number of nitrogens with one attached hydrogen (secondary N) is 2. The summed E-state index contributed by atoms with van der Waals surface area (Å²) < 4.78 is 0. The third kappa shape index (κ3) is 4.63. The fraction of sp³-hybridized carbons (Fsp3) is 0.364. The normalized spacial score (nSPS) is 11.6. The number of aryl methyl sites for hydroxylation is 2. The minimum absolute atomic E-state index is 0.542. The fourth-order valence-electron chi connectivity index (χ4n) is 3.33. The van der Waals surface area contributed by atoms with Gasteiger partial charge >= 0.3 is 12.0 Å². The summed E-state index contributed by atoms with van der Waals surface area (Å²) in [5.74, 6) is -1.08. The first-order valence-electron chi connectivity index (χ1n) is 9.54.